The Labute approximate surface area is 204 Å². The highest BCUT2D eigenvalue weighted by Crippen LogP contribution is 2.32. The predicted molar refractivity (Wildman–Crippen MR) is 130 cm³/mol. The van der Waals surface area contributed by atoms with Crippen molar-refractivity contribution in [3.05, 3.63) is 24.2 Å². The number of hydrogen-bond donors (Lipinski definition) is 1. The molecule has 0 spiro atoms. The Hall–Kier alpha value is -2.50. The number of amides is 2. The first-order chi connectivity index (χ1) is 16.6. The fraction of sp³-hybridized carbons (Fsp3) is 0.652. The molecule has 1 atom stereocenters. The Kier molecular flexibility index (Phi) is 8.89. The lowest BCUT2D eigenvalue weighted by atomic mass is 9.97. The van der Waals surface area contributed by atoms with Crippen molar-refractivity contribution in [1.29, 1.82) is 0 Å². The summed E-state index contributed by atoms with van der Waals surface area (Å²) < 4.78 is 10.7. The molecular formula is C23H34N6O4S. The molecule has 0 bridgehead atoms. The summed E-state index contributed by atoms with van der Waals surface area (Å²) in [6.45, 7) is 5.81. The van der Waals surface area contributed by atoms with Crippen LogP contribution in [0.5, 0.6) is 0 Å². The molecule has 2 saturated heterocycles. The third kappa shape index (κ3) is 6.55. The summed E-state index contributed by atoms with van der Waals surface area (Å²) in [7, 11) is 1.71. The molecule has 2 aromatic heterocycles. The summed E-state index contributed by atoms with van der Waals surface area (Å²) in [5.41, 5.74) is 0. The first-order valence-electron chi connectivity index (χ1n) is 12.0. The van der Waals surface area contributed by atoms with E-state index in [1.165, 1.54) is 11.3 Å². The van der Waals surface area contributed by atoms with E-state index in [4.69, 9.17) is 9.15 Å². The number of ether oxygens (including phenoxy) is 1. The zero-order valence-corrected chi connectivity index (χ0v) is 20.6. The number of hydrogen-bond acceptors (Lipinski definition) is 9. The average molecular weight is 491 g/mol. The minimum atomic E-state index is -0.0819. The predicted octanol–water partition coefficient (Wildman–Crippen LogP) is 2.13. The number of furan rings is 1. The zero-order chi connectivity index (χ0) is 23.8. The Balaban J connectivity index is 1.25. The van der Waals surface area contributed by atoms with Crippen LogP contribution >= 0.6 is 11.3 Å². The van der Waals surface area contributed by atoms with Crippen molar-refractivity contribution in [1.82, 2.24) is 20.4 Å². The van der Waals surface area contributed by atoms with Crippen LogP contribution in [0.4, 0.5) is 10.3 Å². The maximum absolute atomic E-state index is 12.9. The topological polar surface area (TPSA) is 104 Å². The minimum Gasteiger partial charge on any atom is -0.468 e. The van der Waals surface area contributed by atoms with E-state index in [2.05, 4.69) is 25.3 Å². The maximum atomic E-state index is 12.9. The number of carbonyl (C=O) groups is 2. The van der Waals surface area contributed by atoms with Gasteiger partial charge in [0.25, 0.3) is 0 Å². The Morgan fingerprint density at radius 1 is 1.29 bits per heavy atom. The van der Waals surface area contributed by atoms with E-state index < -0.39 is 0 Å². The van der Waals surface area contributed by atoms with Gasteiger partial charge in [0.1, 0.15) is 5.76 Å². The van der Waals surface area contributed by atoms with Crippen LogP contribution in [0.1, 0.15) is 37.9 Å². The molecule has 1 N–H and O–H groups in total. The molecule has 1 unspecified atom stereocenters. The second-order valence-electron chi connectivity index (χ2n) is 8.79. The van der Waals surface area contributed by atoms with Crippen molar-refractivity contribution >= 4 is 33.4 Å². The fourth-order valence-electron chi connectivity index (χ4n) is 4.47. The molecule has 0 aromatic carbocycles. The van der Waals surface area contributed by atoms with Crippen LogP contribution in [0, 0.1) is 5.92 Å². The molecule has 0 aliphatic carbocycles. The number of aromatic nitrogens is 2. The number of carbonyl (C=O) groups excluding carboxylic acids is 2. The van der Waals surface area contributed by atoms with Crippen LogP contribution in [-0.2, 0) is 20.9 Å². The first-order valence-corrected chi connectivity index (χ1v) is 12.9. The van der Waals surface area contributed by atoms with Gasteiger partial charge in [0.2, 0.25) is 22.1 Å². The van der Waals surface area contributed by atoms with Gasteiger partial charge < -0.3 is 19.4 Å². The van der Waals surface area contributed by atoms with Gasteiger partial charge in [0.15, 0.2) is 0 Å². The molecule has 34 heavy (non-hydrogen) atoms. The highest BCUT2D eigenvalue weighted by atomic mass is 32.1. The van der Waals surface area contributed by atoms with E-state index in [1.54, 1.807) is 18.3 Å². The van der Waals surface area contributed by atoms with Gasteiger partial charge in [-0.1, -0.05) is 11.3 Å². The summed E-state index contributed by atoms with van der Waals surface area (Å²) in [4.78, 5) is 31.0. The van der Waals surface area contributed by atoms with E-state index in [-0.39, 0.29) is 17.7 Å². The van der Waals surface area contributed by atoms with Gasteiger partial charge in [-0.05, 0) is 37.8 Å². The Morgan fingerprint density at radius 2 is 2.18 bits per heavy atom. The van der Waals surface area contributed by atoms with Gasteiger partial charge in [-0.25, -0.2) is 0 Å². The lowest BCUT2D eigenvalue weighted by Gasteiger charge is -2.31. The van der Waals surface area contributed by atoms with Crippen LogP contribution < -0.4 is 15.1 Å². The monoisotopic (exact) mass is 490 g/mol. The van der Waals surface area contributed by atoms with Gasteiger partial charge in [-0.3, -0.25) is 19.4 Å². The highest BCUT2D eigenvalue weighted by Gasteiger charge is 2.30. The molecule has 11 heteroatoms. The standard InChI is InChI=1S/C23H34N6O4S/c1-32-14-5-10-27(17-19-7-4-15-33-19)13-9-24-21(31)18-6-2-11-28(16-18)22-25-26-23(34-22)29-12-3-8-20(29)30/h4,7,15,18H,2-3,5-6,8-14,16-17H2,1H3,(H,24,31). The Morgan fingerprint density at radius 3 is 2.94 bits per heavy atom. The largest absolute Gasteiger partial charge is 0.468 e. The molecule has 10 nitrogen and oxygen atoms in total. The molecule has 4 heterocycles. The quantitative estimate of drug-likeness (QED) is 0.451. The third-order valence-electron chi connectivity index (χ3n) is 6.28. The van der Waals surface area contributed by atoms with Gasteiger partial charge in [0.05, 0.1) is 18.7 Å². The van der Waals surface area contributed by atoms with Gasteiger partial charge in [0, 0.05) is 59.4 Å². The number of anilines is 2. The van der Waals surface area contributed by atoms with Crippen molar-refractivity contribution in [2.45, 2.75) is 38.6 Å². The van der Waals surface area contributed by atoms with Gasteiger partial charge in [-0.15, -0.1) is 10.2 Å². The van der Waals surface area contributed by atoms with E-state index in [0.29, 0.717) is 44.3 Å². The number of nitrogens with zero attached hydrogens (tertiary/aromatic N) is 5. The molecule has 0 saturated carbocycles. The Bertz CT molecular complexity index is 920. The minimum absolute atomic E-state index is 0.0819. The average Bonchev–Trinajstić information content (AvgIpc) is 3.61. The van der Waals surface area contributed by atoms with E-state index in [9.17, 15) is 9.59 Å². The van der Waals surface area contributed by atoms with E-state index >= 15 is 0 Å². The van der Waals surface area contributed by atoms with Crippen molar-refractivity contribution in [2.24, 2.45) is 5.92 Å². The summed E-state index contributed by atoms with van der Waals surface area (Å²) in [6.07, 6.45) is 5.84. The lowest BCUT2D eigenvalue weighted by Crippen LogP contribution is -2.44. The first kappa shape index (κ1) is 24.6. The molecule has 0 radical (unpaired) electrons. The zero-order valence-electron chi connectivity index (χ0n) is 19.8. The highest BCUT2D eigenvalue weighted by molar-refractivity contribution is 7.19. The van der Waals surface area contributed by atoms with Crippen molar-refractivity contribution in [2.75, 3.05) is 62.8 Å². The molecule has 186 valence electrons. The van der Waals surface area contributed by atoms with Gasteiger partial charge >= 0.3 is 0 Å². The van der Waals surface area contributed by atoms with Crippen LogP contribution in [0.3, 0.4) is 0 Å². The summed E-state index contributed by atoms with van der Waals surface area (Å²) in [5, 5.41) is 13.1. The smallest absolute Gasteiger partial charge is 0.228 e. The van der Waals surface area contributed by atoms with Gasteiger partial charge in [-0.2, -0.15) is 0 Å². The molecule has 2 aromatic rings. The molecule has 2 fully saturated rings. The van der Waals surface area contributed by atoms with Crippen LogP contribution in [0.15, 0.2) is 22.8 Å². The normalized spacial score (nSPS) is 18.8. The van der Waals surface area contributed by atoms with Crippen LogP contribution in [0.2, 0.25) is 0 Å². The number of rotatable bonds is 12. The molecular weight excluding hydrogens is 456 g/mol. The fourth-order valence-corrected chi connectivity index (χ4v) is 5.39. The van der Waals surface area contributed by atoms with E-state index in [1.807, 2.05) is 12.1 Å². The number of piperidine rings is 1. The molecule has 2 aliphatic heterocycles. The molecule has 2 amide bonds. The summed E-state index contributed by atoms with van der Waals surface area (Å²) in [6, 6.07) is 3.86. The van der Waals surface area contributed by atoms with E-state index in [0.717, 1.165) is 56.2 Å². The molecule has 4 rings (SSSR count). The summed E-state index contributed by atoms with van der Waals surface area (Å²) >= 11 is 1.44. The summed E-state index contributed by atoms with van der Waals surface area (Å²) in [5.74, 6) is 1.03. The van der Waals surface area contributed by atoms with Crippen molar-refractivity contribution in [3.63, 3.8) is 0 Å². The second-order valence-corrected chi connectivity index (χ2v) is 9.73. The second kappa shape index (κ2) is 12.3. The van der Waals surface area contributed by atoms with Crippen LogP contribution in [-0.4, -0.2) is 79.9 Å². The number of methoxy groups -OCH3 is 1. The maximum Gasteiger partial charge on any atom is 0.228 e. The number of nitrogens with one attached hydrogen (secondary N) is 1. The SMILES string of the molecule is COCCCN(CCNC(=O)C1CCCN(c2nnc(N3CCCC3=O)s2)C1)Cc1ccco1. The van der Waals surface area contributed by atoms with Crippen LogP contribution in [0.25, 0.3) is 0 Å². The van der Waals surface area contributed by atoms with Crippen molar-refractivity contribution in [3.8, 4) is 0 Å². The van der Waals surface area contributed by atoms with Crippen molar-refractivity contribution < 1.29 is 18.7 Å². The lowest BCUT2D eigenvalue weighted by molar-refractivity contribution is -0.125. The molecule has 2 aliphatic rings. The third-order valence-corrected chi connectivity index (χ3v) is 7.29.